The monoisotopic (exact) mass is 259 g/mol. The quantitative estimate of drug-likeness (QED) is 0.574. The van der Waals surface area contributed by atoms with Crippen LogP contribution in [0.5, 0.6) is 0 Å². The van der Waals surface area contributed by atoms with Crippen molar-refractivity contribution in [2.24, 2.45) is 0 Å². The van der Waals surface area contributed by atoms with Gasteiger partial charge in [0, 0.05) is 42.3 Å². The molecule has 3 nitrogen and oxygen atoms in total. The molecule has 1 aromatic heterocycles. The summed E-state index contributed by atoms with van der Waals surface area (Å²) in [6.07, 6.45) is 7.78. The molecule has 19 heavy (non-hydrogen) atoms. The van der Waals surface area contributed by atoms with Crippen molar-refractivity contribution in [1.29, 1.82) is 0 Å². The fraction of sp³-hybridized carbons (Fsp3) is 0.562. The van der Waals surface area contributed by atoms with E-state index in [4.69, 9.17) is 0 Å². The molecule has 1 aromatic rings. The molecule has 104 valence electrons. The van der Waals surface area contributed by atoms with E-state index < -0.39 is 0 Å². The van der Waals surface area contributed by atoms with Gasteiger partial charge in [0.05, 0.1) is 0 Å². The van der Waals surface area contributed by atoms with E-state index in [9.17, 15) is 0 Å². The first-order chi connectivity index (χ1) is 9.26. The van der Waals surface area contributed by atoms with Crippen LogP contribution in [-0.2, 0) is 6.54 Å². The van der Waals surface area contributed by atoms with Crippen LogP contribution in [0.2, 0.25) is 0 Å². The van der Waals surface area contributed by atoms with Crippen LogP contribution in [0.3, 0.4) is 0 Å². The Balaban J connectivity index is 2.19. The summed E-state index contributed by atoms with van der Waals surface area (Å²) in [6.45, 7) is 11.0. The molecule has 1 saturated carbocycles. The molecule has 1 heterocycles. The van der Waals surface area contributed by atoms with Gasteiger partial charge in [-0.2, -0.15) is 0 Å². The van der Waals surface area contributed by atoms with Gasteiger partial charge < -0.3 is 10.2 Å². The number of nitrogens with one attached hydrogen (secondary N) is 1. The minimum atomic E-state index is 0.699. The molecular formula is C16H25N3. The van der Waals surface area contributed by atoms with Gasteiger partial charge in [0.1, 0.15) is 0 Å². The highest BCUT2D eigenvalue weighted by Crippen LogP contribution is 2.33. The lowest BCUT2D eigenvalue weighted by Gasteiger charge is -2.26. The third-order valence-electron chi connectivity index (χ3n) is 3.46. The van der Waals surface area contributed by atoms with Gasteiger partial charge in [-0.3, -0.25) is 4.98 Å². The molecule has 0 bridgehead atoms. The average Bonchev–Trinajstić information content (AvgIpc) is 3.22. The maximum absolute atomic E-state index is 4.45. The molecule has 0 unspecified atom stereocenters. The van der Waals surface area contributed by atoms with Crippen molar-refractivity contribution in [3.8, 4) is 0 Å². The van der Waals surface area contributed by atoms with E-state index in [2.05, 4.69) is 41.7 Å². The van der Waals surface area contributed by atoms with E-state index in [1.165, 1.54) is 24.1 Å². The second kappa shape index (κ2) is 6.71. The van der Waals surface area contributed by atoms with E-state index in [1.807, 2.05) is 12.3 Å². The average molecular weight is 259 g/mol. The molecule has 3 heteroatoms. The minimum Gasteiger partial charge on any atom is -0.364 e. The van der Waals surface area contributed by atoms with Crippen molar-refractivity contribution >= 4 is 5.69 Å². The number of hydrogen-bond donors (Lipinski definition) is 1. The highest BCUT2D eigenvalue weighted by Gasteiger charge is 2.29. The van der Waals surface area contributed by atoms with Gasteiger partial charge in [-0.15, -0.1) is 6.58 Å². The Bertz CT molecular complexity index is 424. The standard InChI is InChI=1S/C16H25N3/c1-4-8-17-11-14-12-18-13(3)10-16(14)19(9-5-2)15-6-7-15/h5,10,12,15,17H,2,4,6-9,11H2,1,3H3. The Hall–Kier alpha value is -1.35. The van der Waals surface area contributed by atoms with Crippen LogP contribution in [0, 0.1) is 6.92 Å². The second-order valence-electron chi connectivity index (χ2n) is 5.30. The fourth-order valence-corrected chi connectivity index (χ4v) is 2.35. The Labute approximate surface area is 116 Å². The van der Waals surface area contributed by atoms with Crippen molar-refractivity contribution in [1.82, 2.24) is 10.3 Å². The van der Waals surface area contributed by atoms with Crippen molar-refractivity contribution < 1.29 is 0 Å². The van der Waals surface area contributed by atoms with Gasteiger partial charge in [-0.1, -0.05) is 13.0 Å². The zero-order valence-corrected chi connectivity index (χ0v) is 12.2. The SMILES string of the molecule is C=CCN(c1cc(C)ncc1CNCCC)C1CC1. The van der Waals surface area contributed by atoms with Crippen LogP contribution in [0.15, 0.2) is 24.9 Å². The topological polar surface area (TPSA) is 28.2 Å². The van der Waals surface area contributed by atoms with Gasteiger partial charge in [-0.25, -0.2) is 0 Å². The first kappa shape index (κ1) is 14.1. The molecule has 1 aliphatic carbocycles. The van der Waals surface area contributed by atoms with E-state index in [0.717, 1.165) is 31.7 Å². The normalized spacial score (nSPS) is 14.4. The molecule has 1 aliphatic rings. The van der Waals surface area contributed by atoms with Crippen LogP contribution in [0.1, 0.15) is 37.4 Å². The van der Waals surface area contributed by atoms with Gasteiger partial charge in [0.25, 0.3) is 0 Å². The first-order valence-corrected chi connectivity index (χ1v) is 7.30. The molecule has 0 saturated heterocycles. The Morgan fingerprint density at radius 2 is 2.32 bits per heavy atom. The Kier molecular flexibility index (Phi) is 4.97. The summed E-state index contributed by atoms with van der Waals surface area (Å²) in [7, 11) is 0. The van der Waals surface area contributed by atoms with Crippen LogP contribution in [0.25, 0.3) is 0 Å². The Morgan fingerprint density at radius 3 is 2.95 bits per heavy atom. The first-order valence-electron chi connectivity index (χ1n) is 7.30. The molecule has 0 aliphatic heterocycles. The number of pyridine rings is 1. The maximum atomic E-state index is 4.45. The highest BCUT2D eigenvalue weighted by molar-refractivity contribution is 5.56. The molecule has 0 amide bonds. The number of anilines is 1. The van der Waals surface area contributed by atoms with Crippen LogP contribution in [0.4, 0.5) is 5.69 Å². The maximum Gasteiger partial charge on any atom is 0.0450 e. The summed E-state index contributed by atoms with van der Waals surface area (Å²) in [5.74, 6) is 0. The second-order valence-corrected chi connectivity index (χ2v) is 5.30. The van der Waals surface area contributed by atoms with E-state index >= 15 is 0 Å². The number of rotatable bonds is 8. The minimum absolute atomic E-state index is 0.699. The largest absolute Gasteiger partial charge is 0.364 e. The summed E-state index contributed by atoms with van der Waals surface area (Å²) in [4.78, 5) is 6.93. The fourth-order valence-electron chi connectivity index (χ4n) is 2.35. The molecular weight excluding hydrogens is 234 g/mol. The van der Waals surface area contributed by atoms with Crippen molar-refractivity contribution in [2.75, 3.05) is 18.0 Å². The van der Waals surface area contributed by atoms with Crippen LogP contribution >= 0.6 is 0 Å². The number of aryl methyl sites for hydroxylation is 1. The van der Waals surface area contributed by atoms with Crippen molar-refractivity contribution in [3.63, 3.8) is 0 Å². The molecule has 1 N–H and O–H groups in total. The summed E-state index contributed by atoms with van der Waals surface area (Å²) in [5.41, 5.74) is 3.72. The zero-order chi connectivity index (χ0) is 13.7. The molecule has 1 fully saturated rings. The van der Waals surface area contributed by atoms with Crippen molar-refractivity contribution in [3.05, 3.63) is 36.2 Å². The summed E-state index contributed by atoms with van der Waals surface area (Å²) in [6, 6.07) is 2.91. The van der Waals surface area contributed by atoms with Gasteiger partial charge in [0.2, 0.25) is 0 Å². The van der Waals surface area contributed by atoms with Gasteiger partial charge in [0.15, 0.2) is 0 Å². The van der Waals surface area contributed by atoms with E-state index in [1.54, 1.807) is 0 Å². The summed E-state index contributed by atoms with van der Waals surface area (Å²) >= 11 is 0. The van der Waals surface area contributed by atoms with E-state index in [0.29, 0.717) is 6.04 Å². The highest BCUT2D eigenvalue weighted by atomic mass is 15.2. The lowest BCUT2D eigenvalue weighted by Crippen LogP contribution is -2.28. The predicted octanol–water partition coefficient (Wildman–Crippen LogP) is 3.04. The van der Waals surface area contributed by atoms with E-state index in [-0.39, 0.29) is 0 Å². The number of hydrogen-bond acceptors (Lipinski definition) is 3. The van der Waals surface area contributed by atoms with Crippen molar-refractivity contribution in [2.45, 2.75) is 45.7 Å². The smallest absolute Gasteiger partial charge is 0.0450 e. The number of aromatic nitrogens is 1. The molecule has 0 radical (unpaired) electrons. The lowest BCUT2D eigenvalue weighted by molar-refractivity contribution is 0.670. The van der Waals surface area contributed by atoms with Gasteiger partial charge >= 0.3 is 0 Å². The van der Waals surface area contributed by atoms with Crippen LogP contribution in [-0.4, -0.2) is 24.1 Å². The molecule has 0 atom stereocenters. The summed E-state index contributed by atoms with van der Waals surface area (Å²) in [5, 5.41) is 3.48. The third kappa shape index (κ3) is 3.80. The summed E-state index contributed by atoms with van der Waals surface area (Å²) < 4.78 is 0. The predicted molar refractivity (Wildman–Crippen MR) is 81.5 cm³/mol. The zero-order valence-electron chi connectivity index (χ0n) is 12.2. The lowest BCUT2D eigenvalue weighted by atomic mass is 10.1. The third-order valence-corrected chi connectivity index (χ3v) is 3.46. The Morgan fingerprint density at radius 1 is 1.53 bits per heavy atom. The molecule has 0 aromatic carbocycles. The van der Waals surface area contributed by atoms with Crippen LogP contribution < -0.4 is 10.2 Å². The molecule has 2 rings (SSSR count). The van der Waals surface area contributed by atoms with Gasteiger partial charge in [-0.05, 0) is 38.8 Å². The molecule has 0 spiro atoms. The number of nitrogens with zero attached hydrogens (tertiary/aromatic N) is 2.